The summed E-state index contributed by atoms with van der Waals surface area (Å²) in [6.45, 7) is 4.07. The number of rotatable bonds is 6. The highest BCUT2D eigenvalue weighted by Crippen LogP contribution is 2.16. The van der Waals surface area contributed by atoms with Crippen molar-refractivity contribution in [3.63, 3.8) is 0 Å². The maximum atomic E-state index is 12.5. The molecule has 1 aliphatic heterocycles. The van der Waals surface area contributed by atoms with E-state index in [1.54, 1.807) is 42.3 Å². The Hall–Kier alpha value is -3.47. The zero-order valence-corrected chi connectivity index (χ0v) is 16.6. The molecule has 0 atom stereocenters. The van der Waals surface area contributed by atoms with Gasteiger partial charge in [0.1, 0.15) is 17.5 Å². The quantitative estimate of drug-likeness (QED) is 0.692. The van der Waals surface area contributed by atoms with Gasteiger partial charge in [-0.1, -0.05) is 12.1 Å². The van der Waals surface area contributed by atoms with Gasteiger partial charge >= 0.3 is 0 Å². The van der Waals surface area contributed by atoms with Crippen molar-refractivity contribution in [3.8, 4) is 11.8 Å². The Morgan fingerprint density at radius 2 is 1.90 bits per heavy atom. The number of nitrogens with zero attached hydrogens (tertiary/aromatic N) is 5. The van der Waals surface area contributed by atoms with E-state index in [4.69, 9.17) is 10.00 Å². The van der Waals surface area contributed by atoms with Crippen LogP contribution >= 0.6 is 0 Å². The van der Waals surface area contributed by atoms with Crippen LogP contribution in [0, 0.1) is 18.3 Å². The minimum atomic E-state index is -0.0759. The van der Waals surface area contributed by atoms with E-state index in [9.17, 15) is 9.59 Å². The highest BCUT2D eigenvalue weighted by Gasteiger charge is 2.23. The lowest BCUT2D eigenvalue weighted by Gasteiger charge is -2.34. The number of aromatic nitrogens is 2. The molecule has 1 fully saturated rings. The van der Waals surface area contributed by atoms with Gasteiger partial charge in [0.15, 0.2) is 5.78 Å². The first kappa shape index (κ1) is 20.3. The number of hydrogen-bond donors (Lipinski definition) is 0. The Labute approximate surface area is 169 Å². The number of benzene rings is 1. The number of carbonyl (C=O) groups excluding carboxylic acids is 2. The van der Waals surface area contributed by atoms with Crippen molar-refractivity contribution in [3.05, 3.63) is 47.3 Å². The smallest absolute Gasteiger partial charge is 0.226 e. The molecule has 1 aromatic heterocycles. The zero-order chi connectivity index (χ0) is 20.8. The number of anilines is 1. The van der Waals surface area contributed by atoms with E-state index in [1.165, 1.54) is 0 Å². The van der Waals surface area contributed by atoms with Crippen LogP contribution in [0.25, 0.3) is 0 Å². The van der Waals surface area contributed by atoms with Crippen LogP contribution in [-0.4, -0.2) is 59.8 Å². The van der Waals surface area contributed by atoms with Gasteiger partial charge < -0.3 is 14.5 Å². The Morgan fingerprint density at radius 1 is 1.14 bits per heavy atom. The molecule has 0 spiro atoms. The summed E-state index contributed by atoms with van der Waals surface area (Å²) in [6.07, 6.45) is 0.342. The van der Waals surface area contributed by atoms with Crippen LogP contribution < -0.4 is 9.64 Å². The molecule has 0 saturated carbocycles. The highest BCUT2D eigenvalue weighted by atomic mass is 16.5. The third-order valence-corrected chi connectivity index (χ3v) is 4.83. The monoisotopic (exact) mass is 393 g/mol. The van der Waals surface area contributed by atoms with Crippen LogP contribution in [0.3, 0.4) is 0 Å². The maximum absolute atomic E-state index is 12.5. The summed E-state index contributed by atoms with van der Waals surface area (Å²) >= 11 is 0. The molecular weight excluding hydrogens is 370 g/mol. The lowest BCUT2D eigenvalue weighted by molar-refractivity contribution is -0.131. The first-order valence-corrected chi connectivity index (χ1v) is 9.46. The number of methoxy groups -OCH3 is 1. The molecule has 8 nitrogen and oxygen atoms in total. The van der Waals surface area contributed by atoms with Crippen molar-refractivity contribution in [1.29, 1.82) is 5.26 Å². The second-order valence-corrected chi connectivity index (χ2v) is 6.83. The number of ketones is 1. The lowest BCUT2D eigenvalue weighted by atomic mass is 10.1. The number of amides is 1. The molecule has 3 rings (SSSR count). The molecule has 29 heavy (non-hydrogen) atoms. The molecule has 8 heteroatoms. The molecule has 1 saturated heterocycles. The van der Waals surface area contributed by atoms with E-state index in [2.05, 4.69) is 9.97 Å². The Balaban J connectivity index is 1.52. The molecular formula is C21H23N5O3. The predicted octanol–water partition coefficient (Wildman–Crippen LogP) is 1.98. The third kappa shape index (κ3) is 5.08. The molecule has 1 aromatic carbocycles. The molecule has 0 aliphatic carbocycles. The lowest BCUT2D eigenvalue weighted by Crippen LogP contribution is -2.49. The molecule has 0 bridgehead atoms. The van der Waals surface area contributed by atoms with E-state index < -0.39 is 0 Å². The van der Waals surface area contributed by atoms with Gasteiger partial charge in [-0.25, -0.2) is 9.97 Å². The molecule has 1 aliphatic rings. The summed E-state index contributed by atoms with van der Waals surface area (Å²) < 4.78 is 5.13. The van der Waals surface area contributed by atoms with Crippen molar-refractivity contribution in [2.24, 2.45) is 0 Å². The number of aryl methyl sites for hydroxylation is 1. The van der Waals surface area contributed by atoms with Gasteiger partial charge in [0.25, 0.3) is 0 Å². The third-order valence-electron chi connectivity index (χ3n) is 4.83. The zero-order valence-electron chi connectivity index (χ0n) is 16.6. The number of hydrogen-bond acceptors (Lipinski definition) is 7. The summed E-state index contributed by atoms with van der Waals surface area (Å²) in [5, 5.41) is 9.07. The molecule has 1 amide bonds. The number of carbonyl (C=O) groups is 2. The van der Waals surface area contributed by atoms with Crippen molar-refractivity contribution in [2.45, 2.75) is 19.8 Å². The van der Waals surface area contributed by atoms with Crippen LogP contribution in [-0.2, 0) is 4.79 Å². The van der Waals surface area contributed by atoms with Crippen LogP contribution in [0.4, 0.5) is 5.95 Å². The fourth-order valence-electron chi connectivity index (χ4n) is 3.23. The molecule has 0 N–H and O–H groups in total. The largest absolute Gasteiger partial charge is 0.497 e. The molecule has 2 aromatic rings. The van der Waals surface area contributed by atoms with Gasteiger partial charge in [-0.2, -0.15) is 5.26 Å². The van der Waals surface area contributed by atoms with Gasteiger partial charge in [0, 0.05) is 50.3 Å². The topological polar surface area (TPSA) is 99.4 Å². The summed E-state index contributed by atoms with van der Waals surface area (Å²) in [5.74, 6) is 1.02. The van der Waals surface area contributed by atoms with Gasteiger partial charge in [0.2, 0.25) is 11.9 Å². The van der Waals surface area contributed by atoms with E-state index in [1.807, 2.05) is 17.9 Å². The summed E-state index contributed by atoms with van der Waals surface area (Å²) in [7, 11) is 1.55. The predicted molar refractivity (Wildman–Crippen MR) is 107 cm³/mol. The van der Waals surface area contributed by atoms with Gasteiger partial charge in [-0.05, 0) is 25.1 Å². The van der Waals surface area contributed by atoms with Crippen molar-refractivity contribution in [2.75, 3.05) is 38.2 Å². The number of piperazine rings is 1. The minimum Gasteiger partial charge on any atom is -0.497 e. The first-order valence-electron chi connectivity index (χ1n) is 9.46. The van der Waals surface area contributed by atoms with E-state index in [0.29, 0.717) is 49.1 Å². The Bertz CT molecular complexity index is 946. The number of nitriles is 1. The van der Waals surface area contributed by atoms with Crippen molar-refractivity contribution < 1.29 is 14.3 Å². The first-order chi connectivity index (χ1) is 14.0. The van der Waals surface area contributed by atoms with E-state index >= 15 is 0 Å². The molecule has 0 unspecified atom stereocenters. The van der Waals surface area contributed by atoms with Crippen LogP contribution in [0.2, 0.25) is 0 Å². The van der Waals surface area contributed by atoms with Gasteiger partial charge in [0.05, 0.1) is 7.11 Å². The van der Waals surface area contributed by atoms with E-state index in [0.717, 1.165) is 5.69 Å². The SMILES string of the molecule is COc1cccc(C(=O)CCC(=O)N2CCN(c3nc(C)cc(C#N)n3)CC2)c1. The number of Topliss-reactive ketones (excluding diaryl/α,β-unsaturated/α-hetero) is 1. The summed E-state index contributed by atoms with van der Waals surface area (Å²) in [6, 6.07) is 10.6. The normalized spacial score (nSPS) is 13.7. The summed E-state index contributed by atoms with van der Waals surface area (Å²) in [4.78, 5) is 37.2. The molecule has 150 valence electrons. The van der Waals surface area contributed by atoms with Crippen LogP contribution in [0.5, 0.6) is 5.75 Å². The second kappa shape index (κ2) is 9.15. The van der Waals surface area contributed by atoms with Crippen LogP contribution in [0.1, 0.15) is 34.6 Å². The molecule has 0 radical (unpaired) electrons. The second-order valence-electron chi connectivity index (χ2n) is 6.83. The molecule has 2 heterocycles. The fraction of sp³-hybridized carbons (Fsp3) is 0.381. The Kier molecular flexibility index (Phi) is 6.39. The van der Waals surface area contributed by atoms with Crippen molar-refractivity contribution >= 4 is 17.6 Å². The minimum absolute atomic E-state index is 0.0382. The van der Waals surface area contributed by atoms with Gasteiger partial charge in [-0.15, -0.1) is 0 Å². The van der Waals surface area contributed by atoms with Crippen LogP contribution in [0.15, 0.2) is 30.3 Å². The standard InChI is InChI=1S/C21H23N5O3/c1-15-12-17(14-22)24-21(23-15)26-10-8-25(9-11-26)20(28)7-6-19(27)16-4-3-5-18(13-16)29-2/h3-5,12-13H,6-11H2,1-2H3. The summed E-state index contributed by atoms with van der Waals surface area (Å²) in [5.41, 5.74) is 1.62. The highest BCUT2D eigenvalue weighted by molar-refractivity contribution is 5.98. The fourth-order valence-corrected chi connectivity index (χ4v) is 3.23. The number of ether oxygens (including phenoxy) is 1. The Morgan fingerprint density at radius 3 is 2.59 bits per heavy atom. The average Bonchev–Trinajstić information content (AvgIpc) is 2.76. The van der Waals surface area contributed by atoms with Gasteiger partial charge in [-0.3, -0.25) is 9.59 Å². The van der Waals surface area contributed by atoms with Crippen molar-refractivity contribution in [1.82, 2.24) is 14.9 Å². The van der Waals surface area contributed by atoms with E-state index in [-0.39, 0.29) is 24.5 Å². The average molecular weight is 393 g/mol. The maximum Gasteiger partial charge on any atom is 0.226 e.